The van der Waals surface area contributed by atoms with Crippen LogP contribution in [0.3, 0.4) is 0 Å². The monoisotopic (exact) mass is 411 g/mol. The van der Waals surface area contributed by atoms with Crippen molar-refractivity contribution in [2.75, 3.05) is 10.6 Å². The molecule has 8 heteroatoms. The number of benzene rings is 2. The zero-order valence-electron chi connectivity index (χ0n) is 16.5. The summed E-state index contributed by atoms with van der Waals surface area (Å²) in [4.78, 5) is 37.9. The second kappa shape index (κ2) is 8.28. The highest BCUT2D eigenvalue weighted by molar-refractivity contribution is 6.47. The predicted molar refractivity (Wildman–Crippen MR) is 109 cm³/mol. The van der Waals surface area contributed by atoms with Crippen molar-refractivity contribution < 1.29 is 23.2 Å². The van der Waals surface area contributed by atoms with Gasteiger partial charge >= 0.3 is 0 Å². The number of nitrogens with one attached hydrogen (secondary N) is 2. The first-order valence-electron chi connectivity index (χ1n) is 9.03. The molecular formula is C22H19F2N3O3. The molecule has 0 unspecified atom stereocenters. The van der Waals surface area contributed by atoms with Crippen molar-refractivity contribution in [3.05, 3.63) is 82.7 Å². The standard InChI is InChI=1S/C22H19F2N3O3/c1-12-18(20(28)22(30)25-14-7-5-4-6-8-14)13(2)27(3)19(12)21(29)26-15-9-10-16(23)17(24)11-15/h4-11H,1-3H3,(H,25,30)(H,26,29). The van der Waals surface area contributed by atoms with Gasteiger partial charge < -0.3 is 15.2 Å². The zero-order chi connectivity index (χ0) is 22.0. The Labute approximate surface area is 171 Å². The van der Waals surface area contributed by atoms with Crippen molar-refractivity contribution >= 4 is 29.0 Å². The van der Waals surface area contributed by atoms with Crippen molar-refractivity contribution in [2.24, 2.45) is 7.05 Å². The van der Waals surface area contributed by atoms with Crippen molar-refractivity contribution in [3.8, 4) is 0 Å². The van der Waals surface area contributed by atoms with Gasteiger partial charge in [0.25, 0.3) is 17.6 Å². The van der Waals surface area contributed by atoms with Gasteiger partial charge in [-0.3, -0.25) is 14.4 Å². The Bertz CT molecular complexity index is 1150. The van der Waals surface area contributed by atoms with Crippen LogP contribution in [0, 0.1) is 25.5 Å². The Morgan fingerprint density at radius 2 is 1.53 bits per heavy atom. The molecule has 154 valence electrons. The lowest BCUT2D eigenvalue weighted by Gasteiger charge is -2.08. The van der Waals surface area contributed by atoms with E-state index in [1.54, 1.807) is 51.2 Å². The molecule has 30 heavy (non-hydrogen) atoms. The van der Waals surface area contributed by atoms with E-state index in [1.165, 1.54) is 10.6 Å². The molecule has 1 aromatic heterocycles. The van der Waals surface area contributed by atoms with Crippen LogP contribution >= 0.6 is 0 Å². The van der Waals surface area contributed by atoms with Gasteiger partial charge in [0.2, 0.25) is 0 Å². The zero-order valence-corrected chi connectivity index (χ0v) is 16.5. The number of rotatable bonds is 5. The highest BCUT2D eigenvalue weighted by atomic mass is 19.2. The van der Waals surface area contributed by atoms with Crippen LogP contribution in [-0.4, -0.2) is 22.2 Å². The lowest BCUT2D eigenvalue weighted by Crippen LogP contribution is -2.24. The number of ketones is 1. The largest absolute Gasteiger partial charge is 0.343 e. The van der Waals surface area contributed by atoms with Gasteiger partial charge in [0.1, 0.15) is 5.69 Å². The topological polar surface area (TPSA) is 80.2 Å². The van der Waals surface area contributed by atoms with Gasteiger partial charge in [-0.25, -0.2) is 8.78 Å². The third-order valence-corrected chi connectivity index (χ3v) is 4.79. The number of carbonyl (C=O) groups excluding carboxylic acids is 3. The van der Waals surface area contributed by atoms with Crippen molar-refractivity contribution in [1.29, 1.82) is 0 Å². The maximum atomic E-state index is 13.4. The Morgan fingerprint density at radius 3 is 2.17 bits per heavy atom. The summed E-state index contributed by atoms with van der Waals surface area (Å²) in [6.45, 7) is 3.17. The molecule has 0 aliphatic heterocycles. The summed E-state index contributed by atoms with van der Waals surface area (Å²) in [7, 11) is 1.58. The third-order valence-electron chi connectivity index (χ3n) is 4.79. The molecule has 6 nitrogen and oxygen atoms in total. The fraction of sp³-hybridized carbons (Fsp3) is 0.136. The van der Waals surface area contributed by atoms with Crippen molar-refractivity contribution in [3.63, 3.8) is 0 Å². The van der Waals surface area contributed by atoms with Gasteiger partial charge in [-0.15, -0.1) is 0 Å². The molecule has 2 aromatic carbocycles. The van der Waals surface area contributed by atoms with E-state index in [0.717, 1.165) is 12.1 Å². The Kier molecular flexibility index (Phi) is 5.77. The number of hydrogen-bond acceptors (Lipinski definition) is 3. The lowest BCUT2D eigenvalue weighted by molar-refractivity contribution is -0.112. The molecule has 0 spiro atoms. The van der Waals surface area contributed by atoms with Gasteiger partial charge in [-0.05, 0) is 43.7 Å². The molecule has 1 heterocycles. The number of amides is 2. The molecule has 0 saturated carbocycles. The van der Waals surface area contributed by atoms with Crippen LogP contribution in [0.25, 0.3) is 0 Å². The van der Waals surface area contributed by atoms with Gasteiger partial charge in [0.15, 0.2) is 11.6 Å². The van der Waals surface area contributed by atoms with E-state index in [-0.39, 0.29) is 16.9 Å². The van der Waals surface area contributed by atoms with Crippen LogP contribution in [-0.2, 0) is 11.8 Å². The van der Waals surface area contributed by atoms with Gasteiger partial charge in [-0.1, -0.05) is 18.2 Å². The van der Waals surface area contributed by atoms with Crippen molar-refractivity contribution in [1.82, 2.24) is 4.57 Å². The van der Waals surface area contributed by atoms with Crippen molar-refractivity contribution in [2.45, 2.75) is 13.8 Å². The molecular weight excluding hydrogens is 392 g/mol. The number of hydrogen-bond donors (Lipinski definition) is 2. The molecule has 0 saturated heterocycles. The summed E-state index contributed by atoms with van der Waals surface area (Å²) >= 11 is 0. The summed E-state index contributed by atoms with van der Waals surface area (Å²) in [5.74, 6) is -4.36. The smallest absolute Gasteiger partial charge is 0.296 e. The van der Waals surface area contributed by atoms with E-state index >= 15 is 0 Å². The molecule has 0 atom stereocenters. The quantitative estimate of drug-likeness (QED) is 0.492. The minimum absolute atomic E-state index is 0.0619. The normalized spacial score (nSPS) is 10.6. The minimum Gasteiger partial charge on any atom is -0.343 e. The summed E-state index contributed by atoms with van der Waals surface area (Å²) in [6, 6.07) is 11.5. The second-order valence-corrected chi connectivity index (χ2v) is 6.73. The number of nitrogens with zero attached hydrogens (tertiary/aromatic N) is 1. The van der Waals surface area contributed by atoms with Gasteiger partial charge in [0, 0.05) is 30.2 Å². The predicted octanol–water partition coefficient (Wildman–Crippen LogP) is 3.99. The first-order valence-corrected chi connectivity index (χ1v) is 9.03. The van der Waals surface area contributed by atoms with Gasteiger partial charge in [-0.2, -0.15) is 0 Å². The summed E-state index contributed by atoms with van der Waals surface area (Å²) in [5, 5.41) is 5.01. The van der Waals surface area contributed by atoms with Gasteiger partial charge in [0.05, 0.1) is 5.56 Å². The molecule has 0 fully saturated rings. The van der Waals surface area contributed by atoms with Crippen LogP contribution in [0.2, 0.25) is 0 Å². The van der Waals surface area contributed by atoms with E-state index in [1.807, 2.05) is 0 Å². The van der Waals surface area contributed by atoms with Crippen LogP contribution in [0.4, 0.5) is 20.2 Å². The Morgan fingerprint density at radius 1 is 0.867 bits per heavy atom. The first kappa shape index (κ1) is 20.9. The van der Waals surface area contributed by atoms with E-state index in [0.29, 0.717) is 16.9 Å². The number of aromatic nitrogens is 1. The molecule has 0 aliphatic carbocycles. The van der Waals surface area contributed by atoms with E-state index in [2.05, 4.69) is 10.6 Å². The molecule has 0 aliphatic rings. The summed E-state index contributed by atoms with van der Waals surface area (Å²) in [6.07, 6.45) is 0. The van der Waals surface area contributed by atoms with Crippen LogP contribution < -0.4 is 10.6 Å². The Balaban J connectivity index is 1.88. The van der Waals surface area contributed by atoms with Crippen LogP contribution in [0.1, 0.15) is 32.1 Å². The average Bonchev–Trinajstić information content (AvgIpc) is 2.93. The molecule has 3 rings (SSSR count). The summed E-state index contributed by atoms with van der Waals surface area (Å²) < 4.78 is 28.0. The number of para-hydroxylation sites is 1. The molecule has 2 N–H and O–H groups in total. The highest BCUT2D eigenvalue weighted by Crippen LogP contribution is 2.24. The molecule has 0 radical (unpaired) electrons. The lowest BCUT2D eigenvalue weighted by atomic mass is 10.0. The average molecular weight is 411 g/mol. The van der Waals surface area contributed by atoms with E-state index < -0.39 is 29.2 Å². The molecule has 3 aromatic rings. The second-order valence-electron chi connectivity index (χ2n) is 6.73. The summed E-state index contributed by atoms with van der Waals surface area (Å²) in [5.41, 5.74) is 1.51. The van der Waals surface area contributed by atoms with Crippen LogP contribution in [0.5, 0.6) is 0 Å². The number of anilines is 2. The molecule has 0 bridgehead atoms. The number of carbonyl (C=O) groups is 3. The van der Waals surface area contributed by atoms with E-state index in [4.69, 9.17) is 0 Å². The minimum atomic E-state index is -1.10. The number of Topliss-reactive ketones (excluding diaryl/α,β-unsaturated/α-hetero) is 1. The first-order chi connectivity index (χ1) is 14.2. The van der Waals surface area contributed by atoms with E-state index in [9.17, 15) is 23.2 Å². The highest BCUT2D eigenvalue weighted by Gasteiger charge is 2.28. The fourth-order valence-corrected chi connectivity index (χ4v) is 3.22. The number of halogens is 2. The molecule has 2 amide bonds. The SMILES string of the molecule is Cc1c(C(=O)C(=O)Nc2ccccc2)c(C)n(C)c1C(=O)Nc1ccc(F)c(F)c1. The maximum Gasteiger partial charge on any atom is 0.296 e. The Hall–Kier alpha value is -3.81. The third kappa shape index (κ3) is 3.98. The van der Waals surface area contributed by atoms with Crippen LogP contribution in [0.15, 0.2) is 48.5 Å². The maximum absolute atomic E-state index is 13.4. The fourth-order valence-electron chi connectivity index (χ4n) is 3.22.